The van der Waals surface area contributed by atoms with Crippen LogP contribution in [0.15, 0.2) is 11.6 Å². The van der Waals surface area contributed by atoms with Gasteiger partial charge in [-0.25, -0.2) is 4.79 Å². The molecule has 6 fully saturated rings. The predicted molar refractivity (Wildman–Crippen MR) is 198 cm³/mol. The molecule has 0 aromatic rings. The number of aliphatic hydroxyl groups excluding tert-OH is 6. The lowest BCUT2D eigenvalue weighted by molar-refractivity contribution is -0.354. The molecule has 0 unspecified atom stereocenters. The Labute approximate surface area is 329 Å². The standard InChI is InChI=1S/C42H66O14/c1-37(2)14-16-42(36(50)51)17-15-40(5)21(22(42)18-37)8-9-25-38(3)12-11-26(39(4,20-43)24(38)10-13-41(25,40)6)54-34-30(48)31(23(44)19-53-34)55-35-29(47)27(45)28(46)32(56-35)33(49)52-7/h8,22-32,34-35,43-48H,9-20H2,1-7H3,(H,50,51)/t22-,23+,24-,25-,26+,27-,28-,29+,30+,31-,32-,34-,35+,38+,39+,40-,41-,42-/m1/s1. The number of carboxylic acids is 1. The highest BCUT2D eigenvalue weighted by Gasteiger charge is 2.70. The van der Waals surface area contributed by atoms with Gasteiger partial charge in [0.1, 0.15) is 36.6 Å². The lowest BCUT2D eigenvalue weighted by Crippen LogP contribution is -2.67. The summed E-state index contributed by atoms with van der Waals surface area (Å²) in [7, 11) is 1.07. The van der Waals surface area contributed by atoms with E-state index in [1.165, 1.54) is 5.57 Å². The number of rotatable bonds is 7. The first kappa shape index (κ1) is 42.4. The molecular formula is C42H66O14. The van der Waals surface area contributed by atoms with Crippen LogP contribution < -0.4 is 0 Å². The number of ether oxygens (including phenoxy) is 5. The molecule has 0 bridgehead atoms. The van der Waals surface area contributed by atoms with Crippen LogP contribution in [0.1, 0.15) is 106 Å². The summed E-state index contributed by atoms with van der Waals surface area (Å²) in [6.45, 7) is 13.4. The van der Waals surface area contributed by atoms with Gasteiger partial charge >= 0.3 is 11.9 Å². The Morgan fingerprint density at radius 2 is 1.52 bits per heavy atom. The van der Waals surface area contributed by atoms with Crippen molar-refractivity contribution in [2.24, 2.45) is 50.2 Å². The van der Waals surface area contributed by atoms with Crippen LogP contribution in [0.5, 0.6) is 0 Å². The summed E-state index contributed by atoms with van der Waals surface area (Å²) in [6, 6.07) is 0. The van der Waals surface area contributed by atoms with Crippen LogP contribution in [-0.4, -0.2) is 129 Å². The highest BCUT2D eigenvalue weighted by atomic mass is 16.7. The zero-order valence-electron chi connectivity index (χ0n) is 34.1. The van der Waals surface area contributed by atoms with Crippen LogP contribution in [0.4, 0.5) is 0 Å². The van der Waals surface area contributed by atoms with Crippen molar-refractivity contribution in [1.29, 1.82) is 0 Å². The van der Waals surface area contributed by atoms with Crippen LogP contribution in [-0.2, 0) is 33.3 Å². The molecule has 318 valence electrons. The molecule has 56 heavy (non-hydrogen) atoms. The van der Waals surface area contributed by atoms with E-state index in [1.54, 1.807) is 0 Å². The Kier molecular flexibility index (Phi) is 11.0. The second-order valence-corrected chi connectivity index (χ2v) is 20.3. The van der Waals surface area contributed by atoms with Crippen molar-refractivity contribution < 1.29 is 69.0 Å². The molecule has 7 N–H and O–H groups in total. The first-order valence-electron chi connectivity index (χ1n) is 20.7. The minimum atomic E-state index is -1.84. The van der Waals surface area contributed by atoms with Crippen molar-refractivity contribution in [3.8, 4) is 0 Å². The predicted octanol–water partition coefficient (Wildman–Crippen LogP) is 2.67. The SMILES string of the molecule is COC(=O)[C@@H]1O[C@H](O[C@H]2[C@H](O)[C@@H](O[C@H]3CC[C@@]4(C)[C@@H](CC[C@]5(C)[C@@H]4CC=C4[C@H]6CC(C)(C)CC[C@@]6(C(=O)O)CC[C@]45C)[C@]3(C)CO)OC[C@@H]2O)[C@@H](O)[C@H](O)[C@H]1O. The first-order chi connectivity index (χ1) is 26.1. The number of carbonyl (C=O) groups is 2. The van der Waals surface area contributed by atoms with Gasteiger partial charge in [-0.3, -0.25) is 4.79 Å². The van der Waals surface area contributed by atoms with Gasteiger partial charge in [0, 0.05) is 5.41 Å². The van der Waals surface area contributed by atoms with Crippen LogP contribution in [0, 0.1) is 50.2 Å². The molecule has 0 aromatic carbocycles. The minimum Gasteiger partial charge on any atom is -0.481 e. The summed E-state index contributed by atoms with van der Waals surface area (Å²) in [6.07, 6.45) is -4.68. The number of carbonyl (C=O) groups excluding carboxylic acids is 1. The maximum absolute atomic E-state index is 13.0. The van der Waals surface area contributed by atoms with Crippen LogP contribution >= 0.6 is 0 Å². The molecule has 7 aliphatic rings. The van der Waals surface area contributed by atoms with Crippen LogP contribution in [0.2, 0.25) is 0 Å². The summed E-state index contributed by atoms with van der Waals surface area (Å²) < 4.78 is 28.3. The fraction of sp³-hybridized carbons (Fsp3) is 0.905. The highest BCUT2D eigenvalue weighted by Crippen LogP contribution is 2.76. The monoisotopic (exact) mass is 794 g/mol. The van der Waals surface area contributed by atoms with E-state index in [9.17, 15) is 45.3 Å². The smallest absolute Gasteiger partial charge is 0.337 e. The Morgan fingerprint density at radius 1 is 0.821 bits per heavy atom. The zero-order valence-corrected chi connectivity index (χ0v) is 34.1. The van der Waals surface area contributed by atoms with Crippen molar-refractivity contribution >= 4 is 11.9 Å². The molecule has 5 aliphatic carbocycles. The van der Waals surface area contributed by atoms with Crippen LogP contribution in [0.3, 0.4) is 0 Å². The molecule has 18 atom stereocenters. The number of aliphatic carboxylic acids is 1. The molecule has 14 nitrogen and oxygen atoms in total. The third kappa shape index (κ3) is 6.17. The van der Waals surface area contributed by atoms with E-state index in [0.717, 1.165) is 52.1 Å². The number of allylic oxidation sites excluding steroid dienone is 2. The van der Waals surface area contributed by atoms with Crippen molar-refractivity contribution in [3.05, 3.63) is 11.6 Å². The number of hydrogen-bond acceptors (Lipinski definition) is 13. The second-order valence-electron chi connectivity index (χ2n) is 20.3. The average Bonchev–Trinajstić information content (AvgIpc) is 3.14. The van der Waals surface area contributed by atoms with E-state index < -0.39 is 84.2 Å². The maximum atomic E-state index is 13.0. The van der Waals surface area contributed by atoms with Gasteiger partial charge in [-0.1, -0.05) is 53.2 Å². The van der Waals surface area contributed by atoms with E-state index in [2.05, 4.69) is 45.4 Å². The van der Waals surface area contributed by atoms with Gasteiger partial charge in [0.25, 0.3) is 0 Å². The normalized spacial score (nSPS) is 52.7. The molecule has 0 aromatic heterocycles. The van der Waals surface area contributed by atoms with E-state index in [1.807, 2.05) is 6.92 Å². The number of aliphatic hydroxyl groups is 6. The second kappa shape index (κ2) is 14.5. The van der Waals surface area contributed by atoms with E-state index >= 15 is 0 Å². The van der Waals surface area contributed by atoms with Crippen molar-refractivity contribution in [2.45, 2.75) is 167 Å². The Bertz CT molecular complexity index is 1550. The Balaban J connectivity index is 1.11. The fourth-order valence-electron chi connectivity index (χ4n) is 13.5. The lowest BCUT2D eigenvalue weighted by Gasteiger charge is -2.71. The molecule has 2 heterocycles. The van der Waals surface area contributed by atoms with Gasteiger partial charge in [-0.15, -0.1) is 0 Å². The number of carboxylic acid groups (broad SMARTS) is 1. The van der Waals surface area contributed by atoms with Crippen molar-refractivity contribution in [2.75, 3.05) is 20.3 Å². The van der Waals surface area contributed by atoms with Crippen LogP contribution in [0.25, 0.3) is 0 Å². The summed E-state index contributed by atoms with van der Waals surface area (Å²) >= 11 is 0. The van der Waals surface area contributed by atoms with Gasteiger partial charge in [0.15, 0.2) is 18.7 Å². The van der Waals surface area contributed by atoms with E-state index in [0.29, 0.717) is 19.3 Å². The summed E-state index contributed by atoms with van der Waals surface area (Å²) in [4.78, 5) is 25.3. The number of esters is 1. The van der Waals surface area contributed by atoms with Gasteiger partial charge in [0.05, 0.1) is 31.8 Å². The van der Waals surface area contributed by atoms with E-state index in [4.69, 9.17) is 18.9 Å². The zero-order chi connectivity index (χ0) is 41.0. The Hall–Kier alpha value is -1.72. The molecular weight excluding hydrogens is 728 g/mol. The summed E-state index contributed by atoms with van der Waals surface area (Å²) in [5.41, 5.74) is -0.404. The molecule has 0 amide bonds. The Morgan fingerprint density at radius 3 is 2.18 bits per heavy atom. The maximum Gasteiger partial charge on any atom is 0.337 e. The van der Waals surface area contributed by atoms with Gasteiger partial charge in [0.2, 0.25) is 0 Å². The molecule has 7 rings (SSSR count). The molecule has 4 saturated carbocycles. The summed E-state index contributed by atoms with van der Waals surface area (Å²) in [5.74, 6) is -1.29. The number of fused-ring (bicyclic) bond motifs is 7. The third-order valence-corrected chi connectivity index (χ3v) is 17.2. The third-order valence-electron chi connectivity index (χ3n) is 17.2. The molecule has 0 radical (unpaired) electrons. The molecule has 14 heteroatoms. The minimum absolute atomic E-state index is 0.0183. The van der Waals surface area contributed by atoms with Crippen molar-refractivity contribution in [3.63, 3.8) is 0 Å². The number of hydrogen-bond donors (Lipinski definition) is 7. The first-order valence-corrected chi connectivity index (χ1v) is 20.7. The van der Waals surface area contributed by atoms with Gasteiger partial charge in [-0.2, -0.15) is 0 Å². The van der Waals surface area contributed by atoms with E-state index in [-0.39, 0.29) is 52.6 Å². The van der Waals surface area contributed by atoms with Gasteiger partial charge in [-0.05, 0) is 104 Å². The topological polar surface area (TPSA) is 222 Å². The molecule has 2 aliphatic heterocycles. The van der Waals surface area contributed by atoms with Crippen molar-refractivity contribution in [1.82, 2.24) is 0 Å². The van der Waals surface area contributed by atoms with Gasteiger partial charge < -0.3 is 59.4 Å². The number of methoxy groups -OCH3 is 1. The summed E-state index contributed by atoms with van der Waals surface area (Å²) in [5, 5.41) is 75.7. The lowest BCUT2D eigenvalue weighted by atomic mass is 9.33. The molecule has 0 spiro atoms. The molecule has 2 saturated heterocycles. The quantitative estimate of drug-likeness (QED) is 0.112. The average molecular weight is 795 g/mol. The fourth-order valence-corrected chi connectivity index (χ4v) is 13.5. The largest absolute Gasteiger partial charge is 0.481 e. The highest BCUT2D eigenvalue weighted by molar-refractivity contribution is 5.77.